The molecule has 0 radical (unpaired) electrons. The molecular weight excluding hydrogens is 368 g/mol. The van der Waals surface area contributed by atoms with Crippen molar-refractivity contribution in [2.24, 2.45) is 5.10 Å². The summed E-state index contributed by atoms with van der Waals surface area (Å²) < 4.78 is 5.83. The molecule has 2 aromatic carbocycles. The number of aromatic nitrogens is 1. The van der Waals surface area contributed by atoms with Crippen LogP contribution < -0.4 is 10.2 Å². The van der Waals surface area contributed by atoms with Crippen molar-refractivity contribution in [2.75, 3.05) is 31.7 Å². The molecule has 0 saturated carbocycles. The van der Waals surface area contributed by atoms with E-state index in [0.29, 0.717) is 0 Å². The quantitative estimate of drug-likeness (QED) is 0.445. The minimum atomic E-state index is 0.739. The van der Waals surface area contributed by atoms with Crippen molar-refractivity contribution in [1.29, 1.82) is 0 Å². The van der Waals surface area contributed by atoms with E-state index in [4.69, 9.17) is 4.74 Å². The van der Waals surface area contributed by atoms with Crippen molar-refractivity contribution in [2.45, 2.75) is 12.8 Å². The molecule has 2 heterocycles. The number of ether oxygens (including phenoxy) is 1. The summed E-state index contributed by atoms with van der Waals surface area (Å²) >= 11 is 1.54. The number of benzene rings is 2. The molecule has 4 rings (SSSR count). The van der Waals surface area contributed by atoms with Crippen LogP contribution in [0.3, 0.4) is 0 Å². The maximum atomic E-state index is 5.83. The van der Waals surface area contributed by atoms with Gasteiger partial charge in [-0.2, -0.15) is 5.10 Å². The summed E-state index contributed by atoms with van der Waals surface area (Å²) in [6.45, 7) is 4.16. The van der Waals surface area contributed by atoms with Gasteiger partial charge in [-0.1, -0.05) is 30.3 Å². The van der Waals surface area contributed by atoms with E-state index in [0.717, 1.165) is 40.9 Å². The molecule has 1 N–H and O–H groups in total. The molecule has 5 nitrogen and oxygen atoms in total. The fraction of sp³-hybridized carbons (Fsp3) is 0.273. The number of hydrogen-bond donors (Lipinski definition) is 1. The van der Waals surface area contributed by atoms with E-state index in [1.165, 1.54) is 25.9 Å². The van der Waals surface area contributed by atoms with Gasteiger partial charge in [0.05, 0.1) is 11.9 Å². The third-order valence-electron chi connectivity index (χ3n) is 4.70. The highest BCUT2D eigenvalue weighted by atomic mass is 32.1. The molecule has 28 heavy (non-hydrogen) atoms. The zero-order valence-electron chi connectivity index (χ0n) is 15.8. The van der Waals surface area contributed by atoms with Gasteiger partial charge >= 0.3 is 0 Å². The van der Waals surface area contributed by atoms with Crippen LogP contribution in [0.25, 0.3) is 11.3 Å². The van der Waals surface area contributed by atoms with E-state index < -0.39 is 0 Å². The predicted octanol–water partition coefficient (Wildman–Crippen LogP) is 4.73. The van der Waals surface area contributed by atoms with Crippen LogP contribution >= 0.6 is 11.3 Å². The van der Waals surface area contributed by atoms with Crippen LogP contribution in [-0.4, -0.2) is 42.3 Å². The lowest BCUT2D eigenvalue weighted by Crippen LogP contribution is -2.25. The standard InChI is InChI=1S/C22H24N4OS/c1-2-6-19(7-3-1)21-17-28-22(24-21)25-23-16-18-8-10-20(11-9-18)27-15-14-26-12-4-5-13-26/h1-3,6-11,16-17H,4-5,12-15H2,(H,24,25). The molecule has 1 fully saturated rings. The number of thiazole rings is 1. The van der Waals surface area contributed by atoms with Gasteiger partial charge in [0.2, 0.25) is 5.13 Å². The number of anilines is 1. The Labute approximate surface area is 169 Å². The van der Waals surface area contributed by atoms with E-state index >= 15 is 0 Å². The topological polar surface area (TPSA) is 49.8 Å². The maximum Gasteiger partial charge on any atom is 0.203 e. The number of rotatable bonds is 8. The van der Waals surface area contributed by atoms with Crippen LogP contribution in [0.5, 0.6) is 5.75 Å². The largest absolute Gasteiger partial charge is 0.492 e. The van der Waals surface area contributed by atoms with E-state index in [-0.39, 0.29) is 0 Å². The summed E-state index contributed by atoms with van der Waals surface area (Å²) in [6.07, 6.45) is 4.42. The van der Waals surface area contributed by atoms with E-state index in [2.05, 4.69) is 32.5 Å². The summed E-state index contributed by atoms with van der Waals surface area (Å²) in [5.41, 5.74) is 6.08. The highest BCUT2D eigenvalue weighted by molar-refractivity contribution is 7.14. The molecule has 0 unspecified atom stereocenters. The molecule has 6 heteroatoms. The molecule has 0 spiro atoms. The molecule has 0 atom stereocenters. The molecular formula is C22H24N4OS. The van der Waals surface area contributed by atoms with E-state index in [1.54, 1.807) is 17.6 Å². The zero-order valence-corrected chi connectivity index (χ0v) is 16.6. The molecule has 1 aliphatic rings. The molecule has 1 aliphatic heterocycles. The molecule has 3 aromatic rings. The van der Waals surface area contributed by atoms with Crippen molar-refractivity contribution in [3.05, 3.63) is 65.5 Å². The highest BCUT2D eigenvalue weighted by Crippen LogP contribution is 2.24. The highest BCUT2D eigenvalue weighted by Gasteiger charge is 2.10. The fourth-order valence-electron chi connectivity index (χ4n) is 3.18. The zero-order chi connectivity index (χ0) is 19.0. The van der Waals surface area contributed by atoms with Gasteiger partial charge < -0.3 is 4.74 Å². The molecule has 0 bridgehead atoms. The second-order valence-corrected chi connectivity index (χ2v) is 7.60. The van der Waals surface area contributed by atoms with E-state index in [9.17, 15) is 0 Å². The van der Waals surface area contributed by atoms with Crippen molar-refractivity contribution < 1.29 is 4.74 Å². The average Bonchev–Trinajstić information content (AvgIpc) is 3.42. The van der Waals surface area contributed by atoms with Crippen LogP contribution in [0.1, 0.15) is 18.4 Å². The lowest BCUT2D eigenvalue weighted by Gasteiger charge is -2.14. The minimum absolute atomic E-state index is 0.739. The van der Waals surface area contributed by atoms with E-state index in [1.807, 2.05) is 47.8 Å². The van der Waals surface area contributed by atoms with Crippen LogP contribution in [0.2, 0.25) is 0 Å². The number of likely N-dealkylation sites (tertiary alicyclic amines) is 1. The second kappa shape index (κ2) is 9.48. The first-order valence-corrected chi connectivity index (χ1v) is 10.5. The smallest absolute Gasteiger partial charge is 0.203 e. The third-order valence-corrected chi connectivity index (χ3v) is 5.45. The Hall–Kier alpha value is -2.70. The van der Waals surface area contributed by atoms with Gasteiger partial charge in [-0.15, -0.1) is 11.3 Å². The molecule has 144 valence electrons. The first-order chi connectivity index (χ1) is 13.9. The molecule has 1 aromatic heterocycles. The third kappa shape index (κ3) is 5.18. The van der Waals surface area contributed by atoms with Crippen LogP contribution in [-0.2, 0) is 0 Å². The van der Waals surface area contributed by atoms with Gasteiger partial charge in [-0.05, 0) is 55.8 Å². The van der Waals surface area contributed by atoms with Crippen molar-refractivity contribution in [3.8, 4) is 17.0 Å². The van der Waals surface area contributed by atoms with Gasteiger partial charge in [0.25, 0.3) is 0 Å². The van der Waals surface area contributed by atoms with Crippen molar-refractivity contribution >= 4 is 22.7 Å². The lowest BCUT2D eigenvalue weighted by molar-refractivity contribution is 0.238. The Bertz CT molecular complexity index is 886. The van der Waals surface area contributed by atoms with Gasteiger partial charge in [-0.25, -0.2) is 4.98 Å². The number of hydrogen-bond acceptors (Lipinski definition) is 6. The maximum absolute atomic E-state index is 5.83. The summed E-state index contributed by atoms with van der Waals surface area (Å²) in [4.78, 5) is 7.01. The average molecular weight is 393 g/mol. The summed E-state index contributed by atoms with van der Waals surface area (Å²) in [6, 6.07) is 18.1. The predicted molar refractivity (Wildman–Crippen MR) is 116 cm³/mol. The Balaban J connectivity index is 1.25. The summed E-state index contributed by atoms with van der Waals surface area (Å²) in [5.74, 6) is 0.900. The molecule has 0 aliphatic carbocycles. The Morgan fingerprint density at radius 1 is 1.07 bits per heavy atom. The fourth-order valence-corrected chi connectivity index (χ4v) is 3.85. The lowest BCUT2D eigenvalue weighted by atomic mass is 10.2. The first-order valence-electron chi connectivity index (χ1n) is 9.62. The van der Waals surface area contributed by atoms with Crippen molar-refractivity contribution in [1.82, 2.24) is 9.88 Å². The van der Waals surface area contributed by atoms with Crippen molar-refractivity contribution in [3.63, 3.8) is 0 Å². The van der Waals surface area contributed by atoms with Gasteiger partial charge in [0.1, 0.15) is 12.4 Å². The molecule has 1 saturated heterocycles. The summed E-state index contributed by atoms with van der Waals surface area (Å²) in [5, 5.41) is 7.09. The normalized spacial score (nSPS) is 14.6. The van der Waals surface area contributed by atoms with Crippen LogP contribution in [0, 0.1) is 0 Å². The Morgan fingerprint density at radius 3 is 2.64 bits per heavy atom. The van der Waals surface area contributed by atoms with Crippen LogP contribution in [0.4, 0.5) is 5.13 Å². The monoisotopic (exact) mass is 392 g/mol. The molecule has 0 amide bonds. The number of nitrogens with zero attached hydrogens (tertiary/aromatic N) is 3. The summed E-state index contributed by atoms with van der Waals surface area (Å²) in [7, 11) is 0. The SMILES string of the molecule is C(=NNc1nc(-c2ccccc2)cs1)c1ccc(OCCN2CCCC2)cc1. The van der Waals surface area contributed by atoms with Gasteiger partial charge in [0, 0.05) is 17.5 Å². The first kappa shape index (κ1) is 18.7. The second-order valence-electron chi connectivity index (χ2n) is 6.74. The Morgan fingerprint density at radius 2 is 1.86 bits per heavy atom. The number of nitrogens with one attached hydrogen (secondary N) is 1. The van der Waals surface area contributed by atoms with Gasteiger partial charge in [-0.3, -0.25) is 10.3 Å². The number of hydrazone groups is 1. The van der Waals surface area contributed by atoms with Gasteiger partial charge in [0.15, 0.2) is 0 Å². The van der Waals surface area contributed by atoms with Crippen LogP contribution in [0.15, 0.2) is 65.1 Å². The Kier molecular flexibility index (Phi) is 6.32. The minimum Gasteiger partial charge on any atom is -0.492 e.